The highest BCUT2D eigenvalue weighted by atomic mass is 16.5. The molecule has 0 radical (unpaired) electrons. The largest absolute Gasteiger partial charge is 0.493 e. The first kappa shape index (κ1) is 20.1. The van der Waals surface area contributed by atoms with Crippen LogP contribution in [0.1, 0.15) is 27.0 Å². The van der Waals surface area contributed by atoms with Crippen molar-refractivity contribution in [3.63, 3.8) is 0 Å². The van der Waals surface area contributed by atoms with E-state index in [1.807, 2.05) is 36.4 Å². The standard InChI is InChI=1S/C25H22N2O5/c1-29-21-7-5-17(11-22(21)30-2)13-27-14-19-20(31-15-27)8-6-18-24(28)23(32-25(18)19)10-16-4-3-9-26-12-16/h3-12H,13-15H2,1-2H3. The lowest BCUT2D eigenvalue weighted by Gasteiger charge is -2.29. The Bertz CT molecular complexity index is 1210. The van der Waals surface area contributed by atoms with Crippen molar-refractivity contribution >= 4 is 11.9 Å². The third-order valence-electron chi connectivity index (χ3n) is 5.52. The highest BCUT2D eigenvalue weighted by Crippen LogP contribution is 2.42. The monoisotopic (exact) mass is 430 g/mol. The minimum atomic E-state index is -0.135. The summed E-state index contributed by atoms with van der Waals surface area (Å²) >= 11 is 0. The van der Waals surface area contributed by atoms with Gasteiger partial charge in [-0.1, -0.05) is 12.1 Å². The summed E-state index contributed by atoms with van der Waals surface area (Å²) in [6.07, 6.45) is 5.09. The van der Waals surface area contributed by atoms with E-state index in [2.05, 4.69) is 9.88 Å². The summed E-state index contributed by atoms with van der Waals surface area (Å²) in [7, 11) is 3.24. The van der Waals surface area contributed by atoms with Gasteiger partial charge in [0.05, 0.1) is 25.3 Å². The number of rotatable bonds is 5. The summed E-state index contributed by atoms with van der Waals surface area (Å²) in [4.78, 5) is 19.1. The van der Waals surface area contributed by atoms with Crippen LogP contribution in [0.2, 0.25) is 0 Å². The highest BCUT2D eigenvalue weighted by molar-refractivity contribution is 6.15. The Hall–Kier alpha value is -3.84. The Morgan fingerprint density at radius 2 is 2.00 bits per heavy atom. The number of allylic oxidation sites excluding steroid dienone is 1. The number of pyridine rings is 1. The number of Topliss-reactive ketones (excluding diaryl/α,β-unsaturated/α-hetero) is 1. The van der Waals surface area contributed by atoms with Gasteiger partial charge in [0, 0.05) is 25.5 Å². The van der Waals surface area contributed by atoms with Crippen LogP contribution in [0, 0.1) is 0 Å². The average molecular weight is 430 g/mol. The van der Waals surface area contributed by atoms with Crippen molar-refractivity contribution < 1.29 is 23.7 Å². The summed E-state index contributed by atoms with van der Waals surface area (Å²) in [5, 5.41) is 0. The van der Waals surface area contributed by atoms with Crippen molar-refractivity contribution in [1.82, 2.24) is 9.88 Å². The summed E-state index contributed by atoms with van der Waals surface area (Å²) < 4.78 is 22.7. The van der Waals surface area contributed by atoms with Crippen molar-refractivity contribution in [2.24, 2.45) is 0 Å². The van der Waals surface area contributed by atoms with Gasteiger partial charge in [-0.15, -0.1) is 0 Å². The molecule has 32 heavy (non-hydrogen) atoms. The molecule has 0 fully saturated rings. The van der Waals surface area contributed by atoms with Gasteiger partial charge in [-0.25, -0.2) is 0 Å². The van der Waals surface area contributed by atoms with Crippen LogP contribution in [0.4, 0.5) is 0 Å². The topological polar surface area (TPSA) is 70.1 Å². The van der Waals surface area contributed by atoms with E-state index in [9.17, 15) is 4.79 Å². The van der Waals surface area contributed by atoms with Crippen LogP contribution in [-0.2, 0) is 13.1 Å². The molecule has 2 aliphatic rings. The SMILES string of the molecule is COc1ccc(CN2COc3ccc4c(c3C2)OC(=Cc2cccnc2)C4=O)cc1OC. The van der Waals surface area contributed by atoms with Gasteiger partial charge in [0.15, 0.2) is 17.3 Å². The fourth-order valence-electron chi connectivity index (χ4n) is 3.96. The lowest BCUT2D eigenvalue weighted by atomic mass is 10.0. The van der Waals surface area contributed by atoms with Crippen molar-refractivity contribution in [3.05, 3.63) is 82.9 Å². The summed E-state index contributed by atoms with van der Waals surface area (Å²) in [6, 6.07) is 13.2. The van der Waals surface area contributed by atoms with E-state index in [0.717, 1.165) is 22.4 Å². The van der Waals surface area contributed by atoms with Gasteiger partial charge in [0.1, 0.15) is 18.2 Å². The molecule has 0 aliphatic carbocycles. The molecular weight excluding hydrogens is 408 g/mol. The highest BCUT2D eigenvalue weighted by Gasteiger charge is 2.33. The Balaban J connectivity index is 1.39. The summed E-state index contributed by atoms with van der Waals surface area (Å²) in [6.45, 7) is 1.68. The number of hydrogen-bond acceptors (Lipinski definition) is 7. The number of aromatic nitrogens is 1. The summed E-state index contributed by atoms with van der Waals surface area (Å²) in [5.41, 5.74) is 3.30. The molecule has 7 heteroatoms. The summed E-state index contributed by atoms with van der Waals surface area (Å²) in [5.74, 6) is 2.84. The number of carbonyl (C=O) groups is 1. The Morgan fingerprint density at radius 3 is 2.78 bits per heavy atom. The molecule has 0 unspecified atom stereocenters. The van der Waals surface area contributed by atoms with E-state index in [0.29, 0.717) is 48.4 Å². The van der Waals surface area contributed by atoms with Gasteiger partial charge in [-0.2, -0.15) is 0 Å². The molecule has 1 aromatic heterocycles. The van der Waals surface area contributed by atoms with E-state index in [-0.39, 0.29) is 5.78 Å². The minimum Gasteiger partial charge on any atom is -0.493 e. The molecule has 162 valence electrons. The van der Waals surface area contributed by atoms with Gasteiger partial charge in [-0.05, 0) is 47.5 Å². The van der Waals surface area contributed by atoms with Gasteiger partial charge < -0.3 is 18.9 Å². The minimum absolute atomic E-state index is 0.135. The molecule has 0 spiro atoms. The Labute approximate surface area is 185 Å². The third kappa shape index (κ3) is 3.67. The number of methoxy groups -OCH3 is 2. The van der Waals surface area contributed by atoms with Crippen LogP contribution >= 0.6 is 0 Å². The third-order valence-corrected chi connectivity index (χ3v) is 5.52. The number of benzene rings is 2. The number of hydrogen-bond donors (Lipinski definition) is 0. The molecule has 0 saturated heterocycles. The molecule has 0 saturated carbocycles. The normalized spacial score (nSPS) is 16.2. The lowest BCUT2D eigenvalue weighted by Crippen LogP contribution is -2.31. The predicted molar refractivity (Wildman–Crippen MR) is 118 cm³/mol. The van der Waals surface area contributed by atoms with E-state index >= 15 is 0 Å². The first-order chi connectivity index (χ1) is 15.7. The van der Waals surface area contributed by atoms with Crippen molar-refractivity contribution in [1.29, 1.82) is 0 Å². The molecule has 5 rings (SSSR count). The second-order valence-corrected chi connectivity index (χ2v) is 7.59. The van der Waals surface area contributed by atoms with Crippen LogP contribution in [0.3, 0.4) is 0 Å². The number of carbonyl (C=O) groups excluding carboxylic acids is 1. The zero-order valence-corrected chi connectivity index (χ0v) is 17.8. The van der Waals surface area contributed by atoms with Gasteiger partial charge in [-0.3, -0.25) is 14.7 Å². The second kappa shape index (κ2) is 8.36. The lowest BCUT2D eigenvalue weighted by molar-refractivity contribution is 0.0872. The maximum atomic E-state index is 12.9. The van der Waals surface area contributed by atoms with Crippen LogP contribution in [0.25, 0.3) is 6.08 Å². The Morgan fingerprint density at radius 1 is 1.12 bits per heavy atom. The molecule has 3 heterocycles. The van der Waals surface area contributed by atoms with Crippen molar-refractivity contribution in [3.8, 4) is 23.0 Å². The van der Waals surface area contributed by atoms with Gasteiger partial charge in [0.2, 0.25) is 5.78 Å². The smallest absolute Gasteiger partial charge is 0.231 e. The maximum Gasteiger partial charge on any atom is 0.231 e. The van der Waals surface area contributed by atoms with E-state index < -0.39 is 0 Å². The van der Waals surface area contributed by atoms with Crippen LogP contribution in [0.15, 0.2) is 60.6 Å². The Kier molecular flexibility index (Phi) is 5.25. The number of nitrogens with zero attached hydrogens (tertiary/aromatic N) is 2. The molecular formula is C25H22N2O5. The van der Waals surface area contributed by atoms with Crippen LogP contribution in [0.5, 0.6) is 23.0 Å². The van der Waals surface area contributed by atoms with E-state index in [1.165, 1.54) is 0 Å². The fraction of sp³-hybridized carbons (Fsp3) is 0.200. The van der Waals surface area contributed by atoms with Gasteiger partial charge >= 0.3 is 0 Å². The first-order valence-corrected chi connectivity index (χ1v) is 10.2. The molecule has 3 aromatic rings. The molecule has 2 aromatic carbocycles. The molecule has 0 bridgehead atoms. The second-order valence-electron chi connectivity index (χ2n) is 7.59. The number of fused-ring (bicyclic) bond motifs is 3. The van der Waals surface area contributed by atoms with E-state index in [4.69, 9.17) is 18.9 Å². The zero-order valence-electron chi connectivity index (χ0n) is 17.8. The van der Waals surface area contributed by atoms with Crippen LogP contribution < -0.4 is 18.9 Å². The van der Waals surface area contributed by atoms with Gasteiger partial charge in [0.25, 0.3) is 0 Å². The molecule has 0 atom stereocenters. The molecule has 2 aliphatic heterocycles. The van der Waals surface area contributed by atoms with Crippen molar-refractivity contribution in [2.75, 3.05) is 21.0 Å². The number of ether oxygens (including phenoxy) is 4. The first-order valence-electron chi connectivity index (χ1n) is 10.2. The zero-order chi connectivity index (χ0) is 22.1. The van der Waals surface area contributed by atoms with Crippen LogP contribution in [-0.4, -0.2) is 36.6 Å². The fourth-order valence-corrected chi connectivity index (χ4v) is 3.96. The van der Waals surface area contributed by atoms with Crippen molar-refractivity contribution in [2.45, 2.75) is 13.1 Å². The number of ketones is 1. The molecule has 0 N–H and O–H groups in total. The molecule has 7 nitrogen and oxygen atoms in total. The maximum absolute atomic E-state index is 12.9. The quantitative estimate of drug-likeness (QED) is 0.565. The van der Waals surface area contributed by atoms with E-state index in [1.54, 1.807) is 38.8 Å². The molecule has 0 amide bonds. The predicted octanol–water partition coefficient (Wildman–Crippen LogP) is 4.07. The average Bonchev–Trinajstić information content (AvgIpc) is 3.15.